The second kappa shape index (κ2) is 8.82. The number of carbonyl (C=O) groups excluding carboxylic acids is 1. The third kappa shape index (κ3) is 4.87. The van der Waals surface area contributed by atoms with Crippen LogP contribution in [0.3, 0.4) is 0 Å². The van der Waals surface area contributed by atoms with E-state index in [-0.39, 0.29) is 15.5 Å². The van der Waals surface area contributed by atoms with Gasteiger partial charge in [-0.05, 0) is 60.2 Å². The first kappa shape index (κ1) is 21.1. The van der Waals surface area contributed by atoms with Gasteiger partial charge in [-0.2, -0.15) is 0 Å². The fraction of sp³-hybridized carbons (Fsp3) is 0.100. The number of sulfonamides is 1. The highest BCUT2D eigenvalue weighted by Crippen LogP contribution is 2.27. The van der Waals surface area contributed by atoms with Crippen LogP contribution in [-0.2, 0) is 16.6 Å². The lowest BCUT2D eigenvalue weighted by atomic mass is 10.1. The molecule has 0 spiro atoms. The average molecular weight is 450 g/mol. The number of hydrogen-bond acceptors (Lipinski definition) is 4. The first-order chi connectivity index (χ1) is 13.8. The summed E-state index contributed by atoms with van der Waals surface area (Å²) in [6.07, 6.45) is 3.26. The number of benzene rings is 2. The Morgan fingerprint density at radius 3 is 2.34 bits per heavy atom. The van der Waals surface area contributed by atoms with Crippen molar-refractivity contribution in [2.24, 2.45) is 0 Å². The molecule has 1 heterocycles. The van der Waals surface area contributed by atoms with Gasteiger partial charge in [0.15, 0.2) is 0 Å². The van der Waals surface area contributed by atoms with Gasteiger partial charge in [-0.15, -0.1) is 0 Å². The highest BCUT2D eigenvalue weighted by atomic mass is 35.5. The van der Waals surface area contributed by atoms with E-state index in [1.165, 1.54) is 49.5 Å². The maximum Gasteiger partial charge on any atom is 0.264 e. The third-order valence-electron chi connectivity index (χ3n) is 4.23. The lowest BCUT2D eigenvalue weighted by Gasteiger charge is -2.20. The molecule has 0 fully saturated rings. The molecule has 0 saturated carbocycles. The number of nitrogens with zero attached hydrogens (tertiary/aromatic N) is 2. The molecule has 0 atom stereocenters. The van der Waals surface area contributed by atoms with Crippen LogP contribution in [0.4, 0.5) is 5.69 Å². The van der Waals surface area contributed by atoms with Gasteiger partial charge in [-0.25, -0.2) is 8.42 Å². The molecule has 6 nitrogen and oxygen atoms in total. The Labute approximate surface area is 179 Å². The molecule has 150 valence electrons. The topological polar surface area (TPSA) is 79.4 Å². The number of pyridine rings is 1. The fourth-order valence-electron chi connectivity index (χ4n) is 2.56. The van der Waals surface area contributed by atoms with Crippen LogP contribution in [0, 0.1) is 0 Å². The Hall–Kier alpha value is -2.61. The lowest BCUT2D eigenvalue weighted by Crippen LogP contribution is -2.27. The van der Waals surface area contributed by atoms with Crippen molar-refractivity contribution in [2.45, 2.75) is 11.4 Å². The SMILES string of the molecule is CN(c1ccc(Cl)c(C(=O)NCc2ccncc2)c1)S(=O)(=O)c1ccc(Cl)cc1. The summed E-state index contributed by atoms with van der Waals surface area (Å²) in [5.74, 6) is -0.411. The van der Waals surface area contributed by atoms with Gasteiger partial charge in [-0.1, -0.05) is 23.2 Å². The fourth-order valence-corrected chi connectivity index (χ4v) is 4.08. The van der Waals surface area contributed by atoms with E-state index in [1.54, 1.807) is 24.5 Å². The number of hydrogen-bond donors (Lipinski definition) is 1. The molecule has 0 aliphatic carbocycles. The second-order valence-corrected chi connectivity index (χ2v) is 8.94. The molecule has 0 aliphatic heterocycles. The average Bonchev–Trinajstić information content (AvgIpc) is 2.73. The zero-order valence-corrected chi connectivity index (χ0v) is 17.7. The largest absolute Gasteiger partial charge is 0.348 e. The predicted octanol–water partition coefficient (Wildman–Crippen LogP) is 4.14. The number of halogens is 2. The Balaban J connectivity index is 1.84. The molecular formula is C20H17Cl2N3O3S. The van der Waals surface area contributed by atoms with Crippen molar-refractivity contribution in [2.75, 3.05) is 11.4 Å². The van der Waals surface area contributed by atoms with Crippen LogP contribution in [0.5, 0.6) is 0 Å². The minimum absolute atomic E-state index is 0.0861. The number of anilines is 1. The first-order valence-electron chi connectivity index (χ1n) is 8.50. The van der Waals surface area contributed by atoms with Crippen molar-refractivity contribution in [3.05, 3.63) is 88.2 Å². The molecule has 9 heteroatoms. The van der Waals surface area contributed by atoms with Crippen molar-refractivity contribution in [3.8, 4) is 0 Å². The third-order valence-corrected chi connectivity index (χ3v) is 6.61. The van der Waals surface area contributed by atoms with Gasteiger partial charge in [0.05, 0.1) is 21.2 Å². The molecule has 0 aliphatic rings. The summed E-state index contributed by atoms with van der Waals surface area (Å²) < 4.78 is 26.8. The van der Waals surface area contributed by atoms with Crippen molar-refractivity contribution in [1.82, 2.24) is 10.3 Å². The number of amides is 1. The highest BCUT2D eigenvalue weighted by molar-refractivity contribution is 7.92. The molecule has 2 aromatic carbocycles. The number of nitrogens with one attached hydrogen (secondary N) is 1. The lowest BCUT2D eigenvalue weighted by molar-refractivity contribution is 0.0951. The maximum atomic E-state index is 12.9. The molecule has 29 heavy (non-hydrogen) atoms. The predicted molar refractivity (Wildman–Crippen MR) is 114 cm³/mol. The normalized spacial score (nSPS) is 11.1. The van der Waals surface area contributed by atoms with E-state index in [2.05, 4.69) is 10.3 Å². The summed E-state index contributed by atoms with van der Waals surface area (Å²) >= 11 is 12.0. The summed E-state index contributed by atoms with van der Waals surface area (Å²) in [6, 6.07) is 13.9. The molecule has 1 amide bonds. The molecule has 0 saturated heterocycles. The van der Waals surface area contributed by atoms with Crippen molar-refractivity contribution >= 4 is 44.8 Å². The number of rotatable bonds is 6. The van der Waals surface area contributed by atoms with Crippen LogP contribution in [0.15, 0.2) is 71.9 Å². The molecular weight excluding hydrogens is 433 g/mol. The van der Waals surface area contributed by atoms with E-state index in [1.807, 2.05) is 0 Å². The Bertz CT molecular complexity index is 1120. The number of carbonyl (C=O) groups is 1. The van der Waals surface area contributed by atoms with E-state index in [4.69, 9.17) is 23.2 Å². The summed E-state index contributed by atoms with van der Waals surface area (Å²) in [7, 11) is -2.42. The molecule has 3 rings (SSSR count). The molecule has 1 N–H and O–H groups in total. The van der Waals surface area contributed by atoms with Crippen LogP contribution in [0.1, 0.15) is 15.9 Å². The Kier molecular flexibility index (Phi) is 6.42. The molecule has 0 radical (unpaired) electrons. The maximum absolute atomic E-state index is 12.9. The van der Waals surface area contributed by atoms with Gasteiger partial charge >= 0.3 is 0 Å². The zero-order valence-electron chi connectivity index (χ0n) is 15.3. The van der Waals surface area contributed by atoms with E-state index in [9.17, 15) is 13.2 Å². The van der Waals surface area contributed by atoms with Crippen LogP contribution >= 0.6 is 23.2 Å². The molecule has 1 aromatic heterocycles. The van der Waals surface area contributed by atoms with Gasteiger partial charge in [0.2, 0.25) is 0 Å². The molecule has 0 unspecified atom stereocenters. The second-order valence-electron chi connectivity index (χ2n) is 6.13. The summed E-state index contributed by atoms with van der Waals surface area (Å²) in [4.78, 5) is 16.6. The van der Waals surface area contributed by atoms with Crippen LogP contribution in [0.2, 0.25) is 10.0 Å². The zero-order chi connectivity index (χ0) is 21.0. The minimum atomic E-state index is -3.83. The summed E-state index contributed by atoms with van der Waals surface area (Å²) in [5.41, 5.74) is 1.36. The van der Waals surface area contributed by atoms with Gasteiger partial charge in [0.1, 0.15) is 0 Å². The van der Waals surface area contributed by atoms with E-state index in [0.717, 1.165) is 9.87 Å². The molecule has 0 bridgehead atoms. The van der Waals surface area contributed by atoms with Crippen LogP contribution in [0.25, 0.3) is 0 Å². The van der Waals surface area contributed by atoms with Gasteiger partial charge < -0.3 is 5.32 Å². The molecule has 3 aromatic rings. The monoisotopic (exact) mass is 449 g/mol. The van der Waals surface area contributed by atoms with Gasteiger partial charge in [-0.3, -0.25) is 14.1 Å². The Morgan fingerprint density at radius 1 is 1.03 bits per heavy atom. The van der Waals surface area contributed by atoms with E-state index >= 15 is 0 Å². The van der Waals surface area contributed by atoms with Crippen molar-refractivity contribution in [1.29, 1.82) is 0 Å². The standard InChI is InChI=1S/C20H17Cl2N3O3S/c1-25(29(27,28)17-5-2-15(21)3-6-17)16-4-7-19(22)18(12-16)20(26)24-13-14-8-10-23-11-9-14/h2-12H,13H2,1H3,(H,24,26). The van der Waals surface area contributed by atoms with Crippen LogP contribution < -0.4 is 9.62 Å². The van der Waals surface area contributed by atoms with E-state index in [0.29, 0.717) is 17.3 Å². The Morgan fingerprint density at radius 2 is 1.69 bits per heavy atom. The van der Waals surface area contributed by atoms with Gasteiger partial charge in [0.25, 0.3) is 15.9 Å². The summed E-state index contributed by atoms with van der Waals surface area (Å²) in [6.45, 7) is 0.292. The van der Waals surface area contributed by atoms with Crippen molar-refractivity contribution in [3.63, 3.8) is 0 Å². The highest BCUT2D eigenvalue weighted by Gasteiger charge is 2.23. The minimum Gasteiger partial charge on any atom is -0.348 e. The number of aromatic nitrogens is 1. The smallest absolute Gasteiger partial charge is 0.264 e. The van der Waals surface area contributed by atoms with Crippen LogP contribution in [-0.4, -0.2) is 26.4 Å². The first-order valence-corrected chi connectivity index (χ1v) is 10.7. The van der Waals surface area contributed by atoms with Gasteiger partial charge in [0, 0.05) is 31.0 Å². The van der Waals surface area contributed by atoms with E-state index < -0.39 is 15.9 Å². The quantitative estimate of drug-likeness (QED) is 0.612. The van der Waals surface area contributed by atoms with Crippen molar-refractivity contribution < 1.29 is 13.2 Å². The summed E-state index contributed by atoms with van der Waals surface area (Å²) in [5, 5.41) is 3.42.